The van der Waals surface area contributed by atoms with Crippen molar-refractivity contribution in [3.05, 3.63) is 0 Å². The first-order chi connectivity index (χ1) is 9.22. The molecular formula is C13H24ClN3O3. The predicted octanol–water partition coefficient (Wildman–Crippen LogP) is -0.275. The molecule has 0 aromatic carbocycles. The minimum absolute atomic E-state index is 0. The van der Waals surface area contributed by atoms with E-state index in [0.29, 0.717) is 32.2 Å². The van der Waals surface area contributed by atoms with Crippen molar-refractivity contribution in [2.45, 2.75) is 12.8 Å². The smallest absolute Gasteiger partial charge is 0.312 e. The Kier molecular flexibility index (Phi) is 7.26. The van der Waals surface area contributed by atoms with Crippen molar-refractivity contribution in [3.8, 4) is 0 Å². The van der Waals surface area contributed by atoms with E-state index in [0.717, 1.165) is 32.5 Å². The SMILES string of the molecule is COCCN1CCN(CC2CCNCC2)C(=O)C1=O.Cl. The Morgan fingerprint density at radius 1 is 1.15 bits per heavy atom. The molecule has 0 atom stereocenters. The fourth-order valence-electron chi connectivity index (χ4n) is 2.68. The molecule has 0 radical (unpaired) electrons. The van der Waals surface area contributed by atoms with Crippen molar-refractivity contribution in [1.82, 2.24) is 15.1 Å². The number of carbonyl (C=O) groups excluding carboxylic acids is 2. The van der Waals surface area contributed by atoms with Crippen molar-refractivity contribution in [1.29, 1.82) is 0 Å². The normalized spacial score (nSPS) is 21.1. The van der Waals surface area contributed by atoms with Gasteiger partial charge < -0.3 is 19.9 Å². The van der Waals surface area contributed by atoms with Crippen molar-refractivity contribution in [2.75, 3.05) is 53.0 Å². The molecule has 0 aliphatic carbocycles. The Hall–Kier alpha value is -0.850. The van der Waals surface area contributed by atoms with Crippen LogP contribution in [0.1, 0.15) is 12.8 Å². The van der Waals surface area contributed by atoms with Crippen molar-refractivity contribution >= 4 is 24.2 Å². The van der Waals surface area contributed by atoms with E-state index in [1.165, 1.54) is 0 Å². The maximum atomic E-state index is 12.1. The maximum Gasteiger partial charge on any atom is 0.312 e. The second kappa shape index (κ2) is 8.44. The third kappa shape index (κ3) is 4.33. The van der Waals surface area contributed by atoms with E-state index in [2.05, 4.69) is 5.32 Å². The van der Waals surface area contributed by atoms with Crippen LogP contribution in [0, 0.1) is 5.92 Å². The van der Waals surface area contributed by atoms with Gasteiger partial charge in [-0.05, 0) is 31.8 Å². The van der Waals surface area contributed by atoms with Gasteiger partial charge in [-0.2, -0.15) is 0 Å². The molecule has 2 amide bonds. The van der Waals surface area contributed by atoms with Crippen LogP contribution in [-0.4, -0.2) is 74.6 Å². The van der Waals surface area contributed by atoms with Gasteiger partial charge in [-0.1, -0.05) is 0 Å². The van der Waals surface area contributed by atoms with Gasteiger partial charge in [0.15, 0.2) is 0 Å². The van der Waals surface area contributed by atoms with Gasteiger partial charge in [0.25, 0.3) is 0 Å². The van der Waals surface area contributed by atoms with Crippen LogP contribution in [0.4, 0.5) is 0 Å². The molecule has 1 N–H and O–H groups in total. The van der Waals surface area contributed by atoms with Gasteiger partial charge in [0, 0.05) is 33.3 Å². The number of carbonyl (C=O) groups is 2. The molecule has 2 saturated heterocycles. The van der Waals surface area contributed by atoms with E-state index in [1.54, 1.807) is 16.9 Å². The highest BCUT2D eigenvalue weighted by molar-refractivity contribution is 6.35. The fourth-order valence-corrected chi connectivity index (χ4v) is 2.68. The Morgan fingerprint density at radius 2 is 1.75 bits per heavy atom. The summed E-state index contributed by atoms with van der Waals surface area (Å²) in [6.07, 6.45) is 2.18. The number of hydrogen-bond acceptors (Lipinski definition) is 4. The number of piperazine rings is 1. The molecule has 2 heterocycles. The van der Waals surface area contributed by atoms with Crippen LogP contribution >= 0.6 is 12.4 Å². The minimum atomic E-state index is -0.378. The topological polar surface area (TPSA) is 61.9 Å². The lowest BCUT2D eigenvalue weighted by Gasteiger charge is -2.36. The van der Waals surface area contributed by atoms with Crippen molar-refractivity contribution in [3.63, 3.8) is 0 Å². The lowest BCUT2D eigenvalue weighted by atomic mass is 9.97. The first-order valence-electron chi connectivity index (χ1n) is 7.00. The van der Waals surface area contributed by atoms with Gasteiger partial charge in [0.05, 0.1) is 6.61 Å². The van der Waals surface area contributed by atoms with Gasteiger partial charge in [-0.15, -0.1) is 12.4 Å². The molecule has 0 unspecified atom stereocenters. The second-order valence-corrected chi connectivity index (χ2v) is 5.23. The summed E-state index contributed by atoms with van der Waals surface area (Å²) in [5, 5.41) is 3.31. The summed E-state index contributed by atoms with van der Waals surface area (Å²) in [4.78, 5) is 27.3. The number of nitrogens with zero attached hydrogens (tertiary/aromatic N) is 2. The summed E-state index contributed by atoms with van der Waals surface area (Å²) >= 11 is 0. The number of amides is 2. The standard InChI is InChI=1S/C13H23N3O3.ClH/c1-19-9-8-15-6-7-16(13(18)12(15)17)10-11-2-4-14-5-3-11;/h11,14H,2-10H2,1H3;1H. The van der Waals surface area contributed by atoms with Gasteiger partial charge in [0.2, 0.25) is 0 Å². The van der Waals surface area contributed by atoms with Crippen LogP contribution in [0.2, 0.25) is 0 Å². The zero-order valence-corrected chi connectivity index (χ0v) is 12.8. The number of halogens is 1. The van der Waals surface area contributed by atoms with Crippen LogP contribution in [0.15, 0.2) is 0 Å². The largest absolute Gasteiger partial charge is 0.383 e. The molecule has 2 aliphatic rings. The van der Waals surface area contributed by atoms with Gasteiger partial charge >= 0.3 is 11.8 Å². The number of nitrogens with one attached hydrogen (secondary N) is 1. The van der Waals surface area contributed by atoms with Crippen molar-refractivity contribution < 1.29 is 14.3 Å². The van der Waals surface area contributed by atoms with Crippen LogP contribution < -0.4 is 5.32 Å². The Balaban J connectivity index is 0.00000200. The number of rotatable bonds is 5. The fraction of sp³-hybridized carbons (Fsp3) is 0.846. The molecule has 116 valence electrons. The quantitative estimate of drug-likeness (QED) is 0.710. The van der Waals surface area contributed by atoms with E-state index in [9.17, 15) is 9.59 Å². The molecule has 0 aromatic heterocycles. The number of piperidine rings is 1. The highest BCUT2D eigenvalue weighted by Crippen LogP contribution is 2.15. The van der Waals surface area contributed by atoms with Gasteiger partial charge in [-0.3, -0.25) is 9.59 Å². The van der Waals surface area contributed by atoms with E-state index < -0.39 is 0 Å². The first-order valence-corrected chi connectivity index (χ1v) is 7.00. The lowest BCUT2D eigenvalue weighted by molar-refractivity contribution is -0.156. The van der Waals surface area contributed by atoms with E-state index >= 15 is 0 Å². The van der Waals surface area contributed by atoms with E-state index in [4.69, 9.17) is 4.74 Å². The molecule has 2 fully saturated rings. The molecule has 20 heavy (non-hydrogen) atoms. The summed E-state index contributed by atoms with van der Waals surface area (Å²) in [5.41, 5.74) is 0. The van der Waals surface area contributed by atoms with Crippen LogP contribution in [0.3, 0.4) is 0 Å². The van der Waals surface area contributed by atoms with Crippen LogP contribution in [0.25, 0.3) is 0 Å². The number of hydrogen-bond donors (Lipinski definition) is 1. The summed E-state index contributed by atoms with van der Waals surface area (Å²) < 4.78 is 4.95. The molecule has 2 aliphatic heterocycles. The first kappa shape index (κ1) is 17.2. The average Bonchev–Trinajstić information content (AvgIpc) is 2.44. The highest BCUT2D eigenvalue weighted by atomic mass is 35.5. The Bertz CT molecular complexity index is 335. The molecule has 0 spiro atoms. The summed E-state index contributed by atoms with van der Waals surface area (Å²) in [6, 6.07) is 0. The molecule has 2 rings (SSSR count). The summed E-state index contributed by atoms with van der Waals surface area (Å²) in [6.45, 7) is 5.01. The molecule has 0 saturated carbocycles. The molecule has 0 aromatic rings. The second-order valence-electron chi connectivity index (χ2n) is 5.23. The monoisotopic (exact) mass is 305 g/mol. The Labute approximate surface area is 126 Å². The van der Waals surface area contributed by atoms with Gasteiger partial charge in [-0.25, -0.2) is 0 Å². The zero-order valence-electron chi connectivity index (χ0n) is 12.0. The van der Waals surface area contributed by atoms with E-state index in [-0.39, 0.29) is 24.2 Å². The molecule has 0 bridgehead atoms. The lowest BCUT2D eigenvalue weighted by Crippen LogP contribution is -2.56. The minimum Gasteiger partial charge on any atom is -0.383 e. The van der Waals surface area contributed by atoms with Gasteiger partial charge in [0.1, 0.15) is 0 Å². The third-order valence-electron chi connectivity index (χ3n) is 3.90. The molecule has 7 heteroatoms. The third-order valence-corrected chi connectivity index (χ3v) is 3.90. The maximum absolute atomic E-state index is 12.1. The number of methoxy groups -OCH3 is 1. The zero-order chi connectivity index (χ0) is 13.7. The van der Waals surface area contributed by atoms with Crippen LogP contribution in [0.5, 0.6) is 0 Å². The molecular weight excluding hydrogens is 282 g/mol. The summed E-state index contributed by atoms with van der Waals surface area (Å²) in [7, 11) is 1.60. The summed E-state index contributed by atoms with van der Waals surface area (Å²) in [5.74, 6) is -0.193. The molecule has 6 nitrogen and oxygen atoms in total. The average molecular weight is 306 g/mol. The number of ether oxygens (including phenoxy) is 1. The van der Waals surface area contributed by atoms with E-state index in [1.807, 2.05) is 0 Å². The predicted molar refractivity (Wildman–Crippen MR) is 77.9 cm³/mol. The Morgan fingerprint density at radius 3 is 2.40 bits per heavy atom. The highest BCUT2D eigenvalue weighted by Gasteiger charge is 2.33. The van der Waals surface area contributed by atoms with Crippen LogP contribution in [-0.2, 0) is 14.3 Å². The van der Waals surface area contributed by atoms with Crippen molar-refractivity contribution in [2.24, 2.45) is 5.92 Å².